The molecule has 1 aliphatic rings. The van der Waals surface area contributed by atoms with E-state index in [1.165, 1.54) is 11.1 Å². The molecule has 0 radical (unpaired) electrons. The number of phenolic OH excluding ortho intramolecular Hbond substituents is 1. The summed E-state index contributed by atoms with van der Waals surface area (Å²) in [6.07, 6.45) is 0. The van der Waals surface area contributed by atoms with Gasteiger partial charge < -0.3 is 10.0 Å². The molecule has 0 aliphatic carbocycles. The van der Waals surface area contributed by atoms with Crippen LogP contribution in [0.25, 0.3) is 0 Å². The van der Waals surface area contributed by atoms with Gasteiger partial charge in [-0.05, 0) is 54.4 Å². The van der Waals surface area contributed by atoms with Crippen LogP contribution in [0.2, 0.25) is 5.02 Å². The third-order valence-corrected chi connectivity index (χ3v) is 5.78. The average molecular weight is 393 g/mol. The van der Waals surface area contributed by atoms with Gasteiger partial charge in [-0.1, -0.05) is 54.1 Å². The largest absolute Gasteiger partial charge is 0.508 e. The maximum atomic E-state index is 9.69. The van der Waals surface area contributed by atoms with E-state index in [0.717, 1.165) is 30.3 Å². The van der Waals surface area contributed by atoms with E-state index in [0.29, 0.717) is 11.8 Å². The summed E-state index contributed by atoms with van der Waals surface area (Å²) in [6.45, 7) is 5.08. The molecule has 0 amide bonds. The zero-order chi connectivity index (χ0) is 19.5. The van der Waals surface area contributed by atoms with Crippen molar-refractivity contribution in [1.29, 1.82) is 0 Å². The Bertz CT molecular complexity index is 896. The second-order valence-corrected chi connectivity index (χ2v) is 7.94. The third-order valence-electron chi connectivity index (χ3n) is 5.53. The Kier molecular flexibility index (Phi) is 5.56. The van der Waals surface area contributed by atoms with Gasteiger partial charge in [-0.3, -0.25) is 4.90 Å². The Morgan fingerprint density at radius 1 is 0.893 bits per heavy atom. The highest BCUT2D eigenvalue weighted by molar-refractivity contribution is 6.30. The molecule has 3 aromatic carbocycles. The van der Waals surface area contributed by atoms with Gasteiger partial charge in [-0.25, -0.2) is 0 Å². The van der Waals surface area contributed by atoms with Crippen molar-refractivity contribution in [2.24, 2.45) is 0 Å². The standard InChI is InChI=1S/C24H25ClN2O/c1-18-15-27(22-11-13-23(28)14-12-22)24(20-7-9-21(25)10-8-20)17-26(18)16-19-5-3-2-4-6-19/h2-14,18,24,28H,15-17H2,1H3/t18-,24+/m1/s1. The van der Waals surface area contributed by atoms with Crippen LogP contribution in [-0.4, -0.2) is 29.1 Å². The van der Waals surface area contributed by atoms with Gasteiger partial charge in [-0.15, -0.1) is 0 Å². The van der Waals surface area contributed by atoms with Crippen LogP contribution in [-0.2, 0) is 6.54 Å². The predicted molar refractivity (Wildman–Crippen MR) is 116 cm³/mol. The number of hydrogen-bond donors (Lipinski definition) is 1. The summed E-state index contributed by atoms with van der Waals surface area (Å²) in [4.78, 5) is 4.99. The highest BCUT2D eigenvalue weighted by Gasteiger charge is 2.32. The lowest BCUT2D eigenvalue weighted by atomic mass is 9.98. The number of phenols is 1. The molecule has 0 saturated carbocycles. The molecule has 28 heavy (non-hydrogen) atoms. The van der Waals surface area contributed by atoms with Crippen molar-refractivity contribution in [2.45, 2.75) is 25.6 Å². The molecule has 0 aromatic heterocycles. The molecule has 1 saturated heterocycles. The van der Waals surface area contributed by atoms with Crippen molar-refractivity contribution in [2.75, 3.05) is 18.0 Å². The predicted octanol–water partition coefficient (Wildman–Crippen LogP) is 5.50. The van der Waals surface area contributed by atoms with Gasteiger partial charge in [-0.2, -0.15) is 0 Å². The van der Waals surface area contributed by atoms with E-state index in [9.17, 15) is 5.11 Å². The molecule has 0 unspecified atom stereocenters. The quantitative estimate of drug-likeness (QED) is 0.635. The maximum Gasteiger partial charge on any atom is 0.115 e. The Balaban J connectivity index is 1.64. The monoisotopic (exact) mass is 392 g/mol. The molecule has 0 bridgehead atoms. The summed E-state index contributed by atoms with van der Waals surface area (Å²) in [5.74, 6) is 0.294. The minimum absolute atomic E-state index is 0.224. The molecule has 2 atom stereocenters. The van der Waals surface area contributed by atoms with Gasteiger partial charge in [0, 0.05) is 36.4 Å². The van der Waals surface area contributed by atoms with Crippen LogP contribution in [0.4, 0.5) is 5.69 Å². The number of nitrogens with zero attached hydrogens (tertiary/aromatic N) is 2. The molecule has 4 rings (SSSR count). The smallest absolute Gasteiger partial charge is 0.115 e. The second kappa shape index (κ2) is 8.26. The summed E-state index contributed by atoms with van der Waals surface area (Å²) in [7, 11) is 0. The SMILES string of the molecule is C[C@@H]1CN(c2ccc(O)cc2)[C@H](c2ccc(Cl)cc2)CN1Cc1ccccc1. The first-order valence-corrected chi connectivity index (χ1v) is 10.1. The van der Waals surface area contributed by atoms with Gasteiger partial charge in [0.15, 0.2) is 0 Å². The highest BCUT2D eigenvalue weighted by atomic mass is 35.5. The first-order chi connectivity index (χ1) is 13.6. The van der Waals surface area contributed by atoms with Gasteiger partial charge in [0.1, 0.15) is 5.75 Å². The van der Waals surface area contributed by atoms with Crippen LogP contribution < -0.4 is 4.90 Å². The van der Waals surface area contributed by atoms with Crippen molar-refractivity contribution in [3.63, 3.8) is 0 Å². The number of rotatable bonds is 4. The van der Waals surface area contributed by atoms with E-state index in [2.05, 4.69) is 59.2 Å². The molecule has 4 heteroatoms. The van der Waals surface area contributed by atoms with Crippen molar-refractivity contribution < 1.29 is 5.11 Å². The van der Waals surface area contributed by atoms with Gasteiger partial charge in [0.25, 0.3) is 0 Å². The Morgan fingerprint density at radius 2 is 1.57 bits per heavy atom. The number of benzene rings is 3. The molecule has 1 aliphatic heterocycles. The summed E-state index contributed by atoms with van der Waals surface area (Å²) >= 11 is 6.13. The van der Waals surface area contributed by atoms with Crippen molar-refractivity contribution in [1.82, 2.24) is 4.90 Å². The number of halogens is 1. The fourth-order valence-electron chi connectivity index (χ4n) is 3.97. The number of anilines is 1. The van der Waals surface area contributed by atoms with Crippen molar-refractivity contribution in [3.8, 4) is 5.75 Å². The zero-order valence-corrected chi connectivity index (χ0v) is 16.8. The molecule has 144 valence electrons. The van der Waals surface area contributed by atoms with Crippen LogP contribution in [0.15, 0.2) is 78.9 Å². The average Bonchev–Trinajstić information content (AvgIpc) is 2.71. The maximum absolute atomic E-state index is 9.69. The number of aromatic hydroxyl groups is 1. The highest BCUT2D eigenvalue weighted by Crippen LogP contribution is 2.34. The lowest BCUT2D eigenvalue weighted by molar-refractivity contribution is 0.153. The Hall–Kier alpha value is -2.49. The fourth-order valence-corrected chi connectivity index (χ4v) is 4.09. The van der Waals surface area contributed by atoms with Gasteiger partial charge in [0.2, 0.25) is 0 Å². The van der Waals surface area contributed by atoms with Crippen LogP contribution in [0, 0.1) is 0 Å². The van der Waals surface area contributed by atoms with Crippen LogP contribution in [0.5, 0.6) is 5.75 Å². The molecular formula is C24H25ClN2O. The van der Waals surface area contributed by atoms with Crippen molar-refractivity contribution >= 4 is 17.3 Å². The molecular weight excluding hydrogens is 368 g/mol. The Labute approximate surface area is 171 Å². The van der Waals surface area contributed by atoms with E-state index >= 15 is 0 Å². The third kappa shape index (κ3) is 4.16. The molecule has 1 heterocycles. The van der Waals surface area contributed by atoms with Crippen LogP contribution in [0.1, 0.15) is 24.1 Å². The fraction of sp³-hybridized carbons (Fsp3) is 0.250. The first kappa shape index (κ1) is 18.9. The summed E-state index contributed by atoms with van der Waals surface area (Å²) < 4.78 is 0. The normalized spacial score (nSPS) is 20.3. The summed E-state index contributed by atoms with van der Waals surface area (Å²) in [5, 5.41) is 10.4. The number of hydrogen-bond acceptors (Lipinski definition) is 3. The van der Waals surface area contributed by atoms with E-state index < -0.39 is 0 Å². The molecule has 1 N–H and O–H groups in total. The molecule has 1 fully saturated rings. The zero-order valence-electron chi connectivity index (χ0n) is 16.0. The van der Waals surface area contributed by atoms with Crippen LogP contribution in [0.3, 0.4) is 0 Å². The second-order valence-electron chi connectivity index (χ2n) is 7.50. The van der Waals surface area contributed by atoms with Gasteiger partial charge in [0.05, 0.1) is 6.04 Å². The van der Waals surface area contributed by atoms with E-state index in [4.69, 9.17) is 11.6 Å². The summed E-state index contributed by atoms with van der Waals surface area (Å²) in [6, 6.07) is 27.0. The minimum atomic E-state index is 0.224. The lowest BCUT2D eigenvalue weighted by Gasteiger charge is -2.47. The number of piperazine rings is 1. The summed E-state index contributed by atoms with van der Waals surface area (Å²) in [5.41, 5.74) is 3.72. The topological polar surface area (TPSA) is 26.7 Å². The van der Waals surface area contributed by atoms with Crippen LogP contribution >= 0.6 is 11.6 Å². The van der Waals surface area contributed by atoms with E-state index in [1.54, 1.807) is 12.1 Å². The van der Waals surface area contributed by atoms with E-state index in [-0.39, 0.29) is 6.04 Å². The first-order valence-electron chi connectivity index (χ1n) is 9.69. The molecule has 0 spiro atoms. The van der Waals surface area contributed by atoms with Crippen molar-refractivity contribution in [3.05, 3.63) is 95.0 Å². The lowest BCUT2D eigenvalue weighted by Crippen LogP contribution is -2.53. The Morgan fingerprint density at radius 3 is 2.25 bits per heavy atom. The minimum Gasteiger partial charge on any atom is -0.508 e. The van der Waals surface area contributed by atoms with Gasteiger partial charge >= 0.3 is 0 Å². The molecule has 3 aromatic rings. The van der Waals surface area contributed by atoms with E-state index in [1.807, 2.05) is 24.3 Å². The molecule has 3 nitrogen and oxygen atoms in total.